The van der Waals surface area contributed by atoms with Gasteiger partial charge in [-0.1, -0.05) is 70.8 Å². The van der Waals surface area contributed by atoms with Crippen LogP contribution in [0.5, 0.6) is 23.0 Å². The van der Waals surface area contributed by atoms with Crippen molar-refractivity contribution in [3.63, 3.8) is 0 Å². The second kappa shape index (κ2) is 15.0. The summed E-state index contributed by atoms with van der Waals surface area (Å²) < 4.78 is 36.7. The fraction of sp³-hybridized carbons (Fsp3) is 0.250. The average Bonchev–Trinajstić information content (AvgIpc) is 2.93. The fourth-order valence-corrected chi connectivity index (χ4v) is 5.46. The lowest BCUT2D eigenvalue weighted by atomic mass is 10.2. The van der Waals surface area contributed by atoms with Crippen molar-refractivity contribution in [1.82, 2.24) is 0 Å². The first-order valence-corrected chi connectivity index (χ1v) is 15.4. The van der Waals surface area contributed by atoms with Crippen molar-refractivity contribution < 1.29 is 27.1 Å². The molecule has 0 saturated heterocycles. The van der Waals surface area contributed by atoms with Gasteiger partial charge in [0, 0.05) is 0 Å². The molecule has 1 atom stereocenters. The van der Waals surface area contributed by atoms with Gasteiger partial charge in [-0.25, -0.2) is 0 Å². The van der Waals surface area contributed by atoms with Gasteiger partial charge in [0.1, 0.15) is 23.0 Å². The van der Waals surface area contributed by atoms with E-state index < -0.39 is 17.2 Å². The maximum Gasteiger partial charge on any atom is 0.463 e. The summed E-state index contributed by atoms with van der Waals surface area (Å²) in [4.78, 5) is 0. The van der Waals surface area contributed by atoms with E-state index in [1.165, 1.54) is 0 Å². The van der Waals surface area contributed by atoms with Gasteiger partial charge in [-0.3, -0.25) is 9.05 Å². The molecule has 0 aliphatic carbocycles. The van der Waals surface area contributed by atoms with Crippen LogP contribution in [0.25, 0.3) is 0 Å². The Balaban J connectivity index is 1.36. The van der Waals surface area contributed by atoms with E-state index in [1.54, 1.807) is 0 Å². The molecule has 8 heteroatoms. The predicted octanol–water partition coefficient (Wildman–Crippen LogP) is 9.80. The molecule has 0 N–H and O–H groups in total. The monoisotopic (exact) mass is 578 g/mol. The second-order valence-electron chi connectivity index (χ2n) is 9.60. The van der Waals surface area contributed by atoms with Gasteiger partial charge in [-0.15, -0.1) is 0 Å². The Morgan fingerprint density at radius 3 is 1.10 bits per heavy atom. The summed E-state index contributed by atoms with van der Waals surface area (Å²) in [6, 6.07) is 31.3. The van der Waals surface area contributed by atoms with Crippen LogP contribution in [-0.4, -0.2) is 12.7 Å². The first-order chi connectivity index (χ1) is 19.3. The van der Waals surface area contributed by atoms with Gasteiger partial charge in [0.15, 0.2) is 0 Å². The summed E-state index contributed by atoms with van der Waals surface area (Å²) in [7, 11) is -3.38. The maximum absolute atomic E-state index is 6.23. The van der Waals surface area contributed by atoms with Crippen LogP contribution in [0.3, 0.4) is 0 Å². The normalized spacial score (nSPS) is 11.9. The Bertz CT molecular complexity index is 1200. The lowest BCUT2D eigenvalue weighted by Crippen LogP contribution is -2.13. The van der Waals surface area contributed by atoms with E-state index in [4.69, 9.17) is 27.1 Å². The summed E-state index contributed by atoms with van der Waals surface area (Å²) in [6.45, 7) is 10.5. The summed E-state index contributed by atoms with van der Waals surface area (Å²) in [5, 5.41) is 0. The molecular formula is C32H36O6P2. The van der Waals surface area contributed by atoms with Gasteiger partial charge in [0.2, 0.25) is 0 Å². The highest BCUT2D eigenvalue weighted by Gasteiger charge is 2.23. The first kappa shape index (κ1) is 29.8. The van der Waals surface area contributed by atoms with E-state index in [2.05, 4.69) is 0 Å². The Labute approximate surface area is 240 Å². The number of hydrogen-bond donors (Lipinski definition) is 0. The quantitative estimate of drug-likeness (QED) is 0.139. The van der Waals surface area contributed by atoms with Crippen molar-refractivity contribution in [3.8, 4) is 23.0 Å². The molecule has 0 saturated carbocycles. The molecule has 0 fully saturated rings. The van der Waals surface area contributed by atoms with Crippen LogP contribution in [0.2, 0.25) is 0 Å². The number of benzene rings is 4. The van der Waals surface area contributed by atoms with Gasteiger partial charge in [-0.2, -0.15) is 0 Å². The molecule has 0 heterocycles. The molecule has 1 unspecified atom stereocenters. The minimum atomic E-state index is -1.70. The van der Waals surface area contributed by atoms with Gasteiger partial charge in [0.05, 0.1) is 12.7 Å². The van der Waals surface area contributed by atoms with Crippen LogP contribution in [-0.2, 0) is 9.05 Å². The Hall–Kier alpha value is -3.14. The first-order valence-electron chi connectivity index (χ1n) is 13.2. The van der Waals surface area contributed by atoms with E-state index in [9.17, 15) is 0 Å². The van der Waals surface area contributed by atoms with Crippen LogP contribution in [0, 0.1) is 27.7 Å². The Kier molecular flexibility index (Phi) is 11.2. The SMILES string of the molecule is Cc1ccc(OP(OCCC(C)OP(Oc2ccc(C)cc2)Oc2ccc(C)cc2)Oc2ccc(C)cc2)cc1. The van der Waals surface area contributed by atoms with E-state index in [1.807, 2.05) is 132 Å². The minimum absolute atomic E-state index is 0.211. The second-order valence-corrected chi connectivity index (χ2v) is 11.7. The largest absolute Gasteiger partial charge is 0.463 e. The molecule has 0 aromatic heterocycles. The molecule has 40 heavy (non-hydrogen) atoms. The Morgan fingerprint density at radius 1 is 0.475 bits per heavy atom. The third kappa shape index (κ3) is 10.1. The summed E-state index contributed by atoms with van der Waals surface area (Å²) in [5.41, 5.74) is 4.61. The zero-order chi connectivity index (χ0) is 28.3. The van der Waals surface area contributed by atoms with Gasteiger partial charge < -0.3 is 18.1 Å². The fourth-order valence-electron chi connectivity index (χ4n) is 3.37. The standard InChI is InChI=1S/C32H36O6P2/c1-24-6-14-29(15-7-24)35-39(36-30-16-8-25(2)9-17-30)33-23-22-28(5)34-40(37-31-18-10-26(3)11-19-31)38-32-20-12-27(4)13-21-32/h6-21,28H,22-23H2,1-5H3. The molecule has 0 spiro atoms. The predicted molar refractivity (Wildman–Crippen MR) is 162 cm³/mol. The molecule has 4 aromatic rings. The highest BCUT2D eigenvalue weighted by atomic mass is 31.2. The third-order valence-electron chi connectivity index (χ3n) is 5.79. The van der Waals surface area contributed by atoms with Crippen LogP contribution in [0.15, 0.2) is 97.1 Å². The average molecular weight is 579 g/mol. The lowest BCUT2D eigenvalue weighted by Gasteiger charge is -2.22. The Morgan fingerprint density at radius 2 is 0.775 bits per heavy atom. The summed E-state index contributed by atoms with van der Waals surface area (Å²) >= 11 is 0. The number of aryl methyl sites for hydroxylation is 4. The van der Waals surface area contributed by atoms with Crippen molar-refractivity contribution in [1.29, 1.82) is 0 Å². The lowest BCUT2D eigenvalue weighted by molar-refractivity contribution is 0.155. The van der Waals surface area contributed by atoms with E-state index in [-0.39, 0.29) is 6.10 Å². The van der Waals surface area contributed by atoms with E-state index >= 15 is 0 Å². The zero-order valence-electron chi connectivity index (χ0n) is 23.6. The van der Waals surface area contributed by atoms with Crippen molar-refractivity contribution in [2.24, 2.45) is 0 Å². The van der Waals surface area contributed by atoms with Crippen molar-refractivity contribution in [2.45, 2.75) is 47.1 Å². The van der Waals surface area contributed by atoms with Crippen LogP contribution < -0.4 is 18.1 Å². The topological polar surface area (TPSA) is 55.4 Å². The molecule has 210 valence electrons. The maximum atomic E-state index is 6.23. The minimum Gasteiger partial charge on any atom is -0.418 e. The van der Waals surface area contributed by atoms with Gasteiger partial charge in [-0.05, 0) is 89.6 Å². The van der Waals surface area contributed by atoms with Crippen LogP contribution in [0.4, 0.5) is 0 Å². The smallest absolute Gasteiger partial charge is 0.418 e. The molecule has 0 amide bonds. The molecule has 0 aliphatic rings. The van der Waals surface area contributed by atoms with Gasteiger partial charge >= 0.3 is 17.2 Å². The molecule has 4 rings (SSSR count). The highest BCUT2D eigenvalue weighted by molar-refractivity contribution is 7.42. The van der Waals surface area contributed by atoms with Gasteiger partial charge in [0.25, 0.3) is 0 Å². The van der Waals surface area contributed by atoms with Crippen molar-refractivity contribution in [2.75, 3.05) is 6.61 Å². The molecular weight excluding hydrogens is 542 g/mol. The van der Waals surface area contributed by atoms with E-state index in [0.717, 1.165) is 22.3 Å². The zero-order valence-corrected chi connectivity index (χ0v) is 25.4. The molecule has 0 bridgehead atoms. The van der Waals surface area contributed by atoms with Crippen molar-refractivity contribution in [3.05, 3.63) is 119 Å². The van der Waals surface area contributed by atoms with Crippen LogP contribution >= 0.6 is 17.2 Å². The molecule has 0 radical (unpaired) electrons. The molecule has 4 aromatic carbocycles. The number of rotatable bonds is 14. The molecule has 0 aliphatic heterocycles. The summed E-state index contributed by atoms with van der Waals surface area (Å²) in [6.07, 6.45) is 0.373. The third-order valence-corrected chi connectivity index (χ3v) is 8.16. The van der Waals surface area contributed by atoms with E-state index in [0.29, 0.717) is 36.0 Å². The molecule has 6 nitrogen and oxygen atoms in total. The van der Waals surface area contributed by atoms with Crippen LogP contribution in [0.1, 0.15) is 35.6 Å². The van der Waals surface area contributed by atoms with Crippen molar-refractivity contribution >= 4 is 17.2 Å². The number of hydrogen-bond acceptors (Lipinski definition) is 6. The summed E-state index contributed by atoms with van der Waals surface area (Å²) in [5.74, 6) is 2.76. The highest BCUT2D eigenvalue weighted by Crippen LogP contribution is 2.44.